The summed E-state index contributed by atoms with van der Waals surface area (Å²) in [6.07, 6.45) is 6.11. The van der Waals surface area contributed by atoms with Crippen molar-refractivity contribution in [2.24, 2.45) is 0 Å². The first-order valence-corrected chi connectivity index (χ1v) is 4.43. The molecule has 1 atom stereocenters. The Hall–Kier alpha value is -0.370. The van der Waals surface area contributed by atoms with Crippen molar-refractivity contribution in [1.82, 2.24) is 0 Å². The molecule has 0 bridgehead atoms. The molecular formula is C9H16O2. The smallest absolute Gasteiger partial charge is 0.151 e. The lowest BCUT2D eigenvalue weighted by Crippen LogP contribution is -2.29. The second kappa shape index (κ2) is 3.86. The van der Waals surface area contributed by atoms with Crippen LogP contribution in [0.25, 0.3) is 0 Å². The predicted octanol–water partition coefficient (Wildman–Crippen LogP) is 1.92. The lowest BCUT2D eigenvalue weighted by atomic mass is 9.95. The minimum absolute atomic E-state index is 0.393. The van der Waals surface area contributed by atoms with Crippen molar-refractivity contribution >= 4 is 6.29 Å². The third-order valence-electron chi connectivity index (χ3n) is 2.30. The Morgan fingerprint density at radius 2 is 2.45 bits per heavy atom. The Bertz CT molecular complexity index is 126. The number of hydrogen-bond donors (Lipinski definition) is 0. The normalized spacial score (nSPS) is 30.6. The van der Waals surface area contributed by atoms with Gasteiger partial charge in [0, 0.05) is 6.61 Å². The number of carbonyl (C=O) groups is 1. The summed E-state index contributed by atoms with van der Waals surface area (Å²) in [5.74, 6) is 0. The largest absolute Gasteiger partial charge is 0.368 e. The molecule has 0 radical (unpaired) electrons. The van der Waals surface area contributed by atoms with Crippen LogP contribution in [0.5, 0.6) is 0 Å². The molecule has 1 unspecified atom stereocenters. The molecule has 2 nitrogen and oxygen atoms in total. The van der Waals surface area contributed by atoms with Crippen LogP contribution in [0.4, 0.5) is 0 Å². The summed E-state index contributed by atoms with van der Waals surface area (Å²) in [5, 5.41) is 0. The summed E-state index contributed by atoms with van der Waals surface area (Å²) in [6.45, 7) is 2.90. The summed E-state index contributed by atoms with van der Waals surface area (Å²) in [6, 6.07) is 0. The van der Waals surface area contributed by atoms with Gasteiger partial charge in [-0.05, 0) is 19.3 Å². The molecule has 0 saturated carbocycles. The van der Waals surface area contributed by atoms with Crippen LogP contribution in [0, 0.1) is 0 Å². The molecule has 0 aromatic rings. The minimum atomic E-state index is -0.393. The van der Waals surface area contributed by atoms with Gasteiger partial charge in [-0.3, -0.25) is 0 Å². The first-order chi connectivity index (χ1) is 5.33. The summed E-state index contributed by atoms with van der Waals surface area (Å²) in [4.78, 5) is 10.7. The van der Waals surface area contributed by atoms with Crippen molar-refractivity contribution in [3.8, 4) is 0 Å². The summed E-state index contributed by atoms with van der Waals surface area (Å²) >= 11 is 0. The first-order valence-electron chi connectivity index (χ1n) is 4.43. The SMILES string of the molecule is CCCCC1(C=O)CCCO1. The zero-order chi connectivity index (χ0) is 8.16. The molecule has 0 amide bonds. The van der Waals surface area contributed by atoms with Crippen LogP contribution >= 0.6 is 0 Å². The van der Waals surface area contributed by atoms with E-state index in [1.165, 1.54) is 0 Å². The number of aldehydes is 1. The van der Waals surface area contributed by atoms with E-state index < -0.39 is 5.60 Å². The van der Waals surface area contributed by atoms with E-state index in [2.05, 4.69) is 6.92 Å². The molecule has 1 aliphatic heterocycles. The Kier molecular flexibility index (Phi) is 3.06. The lowest BCUT2D eigenvalue weighted by molar-refractivity contribution is -0.126. The van der Waals surface area contributed by atoms with Gasteiger partial charge in [0.1, 0.15) is 5.60 Å². The third-order valence-corrected chi connectivity index (χ3v) is 2.30. The molecule has 0 N–H and O–H groups in total. The fraction of sp³-hybridized carbons (Fsp3) is 0.889. The van der Waals surface area contributed by atoms with Gasteiger partial charge >= 0.3 is 0 Å². The predicted molar refractivity (Wildman–Crippen MR) is 43.5 cm³/mol. The molecule has 1 rings (SSSR count). The van der Waals surface area contributed by atoms with Crippen molar-refractivity contribution in [1.29, 1.82) is 0 Å². The van der Waals surface area contributed by atoms with Gasteiger partial charge in [0.2, 0.25) is 0 Å². The number of rotatable bonds is 4. The van der Waals surface area contributed by atoms with Crippen molar-refractivity contribution < 1.29 is 9.53 Å². The van der Waals surface area contributed by atoms with Crippen molar-refractivity contribution in [2.45, 2.75) is 44.6 Å². The Morgan fingerprint density at radius 1 is 1.64 bits per heavy atom. The Balaban J connectivity index is 2.39. The zero-order valence-electron chi connectivity index (χ0n) is 7.14. The molecule has 1 fully saturated rings. The van der Waals surface area contributed by atoms with Crippen molar-refractivity contribution in [3.05, 3.63) is 0 Å². The van der Waals surface area contributed by atoms with Crippen LogP contribution in [0.3, 0.4) is 0 Å². The van der Waals surface area contributed by atoms with E-state index >= 15 is 0 Å². The summed E-state index contributed by atoms with van der Waals surface area (Å²) < 4.78 is 5.42. The van der Waals surface area contributed by atoms with E-state index in [1.54, 1.807) is 0 Å². The maximum Gasteiger partial charge on any atom is 0.151 e. The van der Waals surface area contributed by atoms with E-state index in [0.717, 1.165) is 45.0 Å². The topological polar surface area (TPSA) is 26.3 Å². The minimum Gasteiger partial charge on any atom is -0.368 e. The summed E-state index contributed by atoms with van der Waals surface area (Å²) in [5.41, 5.74) is -0.393. The molecule has 0 aliphatic carbocycles. The number of carbonyl (C=O) groups excluding carboxylic acids is 1. The zero-order valence-corrected chi connectivity index (χ0v) is 7.14. The van der Waals surface area contributed by atoms with Crippen LogP contribution in [-0.2, 0) is 9.53 Å². The van der Waals surface area contributed by atoms with Crippen molar-refractivity contribution in [2.75, 3.05) is 6.61 Å². The van der Waals surface area contributed by atoms with E-state index in [9.17, 15) is 4.79 Å². The number of unbranched alkanes of at least 4 members (excludes halogenated alkanes) is 1. The molecule has 0 aromatic heterocycles. The third kappa shape index (κ3) is 2.03. The summed E-state index contributed by atoms with van der Waals surface area (Å²) in [7, 11) is 0. The highest BCUT2D eigenvalue weighted by Crippen LogP contribution is 2.28. The highest BCUT2D eigenvalue weighted by molar-refractivity contribution is 5.62. The average molecular weight is 156 g/mol. The van der Waals surface area contributed by atoms with Gasteiger partial charge in [-0.25, -0.2) is 0 Å². The second-order valence-corrected chi connectivity index (χ2v) is 3.24. The molecule has 64 valence electrons. The van der Waals surface area contributed by atoms with Crippen LogP contribution in [0.1, 0.15) is 39.0 Å². The van der Waals surface area contributed by atoms with Gasteiger partial charge in [-0.2, -0.15) is 0 Å². The van der Waals surface area contributed by atoms with Crippen LogP contribution < -0.4 is 0 Å². The Morgan fingerprint density at radius 3 is 2.91 bits per heavy atom. The van der Waals surface area contributed by atoms with Gasteiger partial charge in [0.15, 0.2) is 6.29 Å². The van der Waals surface area contributed by atoms with Gasteiger partial charge in [0.25, 0.3) is 0 Å². The standard InChI is InChI=1S/C9H16O2/c1-2-3-5-9(8-10)6-4-7-11-9/h8H,2-7H2,1H3. The van der Waals surface area contributed by atoms with E-state index in [0.29, 0.717) is 0 Å². The molecule has 1 heterocycles. The average Bonchev–Trinajstić information content (AvgIpc) is 2.50. The lowest BCUT2D eigenvalue weighted by Gasteiger charge is -2.20. The van der Waals surface area contributed by atoms with Gasteiger partial charge < -0.3 is 9.53 Å². The highest BCUT2D eigenvalue weighted by Gasteiger charge is 2.33. The Labute approximate surface area is 67.9 Å². The van der Waals surface area contributed by atoms with Crippen LogP contribution in [0.15, 0.2) is 0 Å². The second-order valence-electron chi connectivity index (χ2n) is 3.24. The molecule has 1 saturated heterocycles. The molecule has 0 spiro atoms. The fourth-order valence-corrected chi connectivity index (χ4v) is 1.54. The maximum absolute atomic E-state index is 10.7. The monoisotopic (exact) mass is 156 g/mol. The van der Waals surface area contributed by atoms with Crippen LogP contribution in [-0.4, -0.2) is 18.5 Å². The maximum atomic E-state index is 10.7. The number of hydrogen-bond acceptors (Lipinski definition) is 2. The highest BCUT2D eigenvalue weighted by atomic mass is 16.5. The quantitative estimate of drug-likeness (QED) is 0.581. The van der Waals surface area contributed by atoms with E-state index in [1.807, 2.05) is 0 Å². The van der Waals surface area contributed by atoms with Crippen LogP contribution in [0.2, 0.25) is 0 Å². The van der Waals surface area contributed by atoms with Gasteiger partial charge in [-0.1, -0.05) is 19.8 Å². The molecule has 11 heavy (non-hydrogen) atoms. The molecule has 1 aliphatic rings. The van der Waals surface area contributed by atoms with E-state index in [4.69, 9.17) is 4.74 Å². The fourth-order valence-electron chi connectivity index (χ4n) is 1.54. The van der Waals surface area contributed by atoms with Gasteiger partial charge in [0.05, 0.1) is 0 Å². The molecule has 2 heteroatoms. The number of ether oxygens (including phenoxy) is 1. The molecular weight excluding hydrogens is 140 g/mol. The van der Waals surface area contributed by atoms with Gasteiger partial charge in [-0.15, -0.1) is 0 Å². The first kappa shape index (κ1) is 8.72. The van der Waals surface area contributed by atoms with Crippen molar-refractivity contribution in [3.63, 3.8) is 0 Å². The van der Waals surface area contributed by atoms with E-state index in [-0.39, 0.29) is 0 Å². The molecule has 0 aromatic carbocycles.